The highest BCUT2D eigenvalue weighted by molar-refractivity contribution is 4.83. The number of halogens is 1. The summed E-state index contributed by atoms with van der Waals surface area (Å²) in [4.78, 5) is 0. The van der Waals surface area contributed by atoms with E-state index in [2.05, 4.69) is 36.0 Å². The molecule has 0 fully saturated rings. The molecule has 0 radical (unpaired) electrons. The normalized spacial score (nSPS) is 8.50. The highest BCUT2D eigenvalue weighted by Gasteiger charge is 1.90. The summed E-state index contributed by atoms with van der Waals surface area (Å²) >= 11 is 0. The molecule has 1 aromatic rings. The van der Waals surface area contributed by atoms with E-state index in [1.165, 1.54) is 6.42 Å². The third kappa shape index (κ3) is 2.83. The number of nitrogens with zero attached hydrogens (tertiary/aromatic N) is 1. The molecule has 56 valence electrons. The minimum Gasteiger partial charge on any atom is -1.00 e. The van der Waals surface area contributed by atoms with E-state index in [9.17, 15) is 0 Å². The third-order valence-corrected chi connectivity index (χ3v) is 1.26. The van der Waals surface area contributed by atoms with Crippen molar-refractivity contribution in [3.8, 4) is 0 Å². The van der Waals surface area contributed by atoms with Crippen LogP contribution < -0.4 is 17.0 Å². The fraction of sp³-hybridized carbons (Fsp3) is 0.375. The molecule has 1 rings (SSSR count). The second-order valence-corrected chi connectivity index (χ2v) is 2.11. The molecular formula is C8H12ClN. The molecule has 0 atom stereocenters. The van der Waals surface area contributed by atoms with Crippen LogP contribution in [0, 0.1) is 0 Å². The Balaban J connectivity index is 0.000000810. The zero-order valence-electron chi connectivity index (χ0n) is 6.13. The van der Waals surface area contributed by atoms with Crippen LogP contribution in [0.2, 0.25) is 0 Å². The molecule has 0 aliphatic heterocycles. The average Bonchev–Trinajstić information content (AvgIpc) is 1.91. The van der Waals surface area contributed by atoms with Crippen molar-refractivity contribution < 1.29 is 17.0 Å². The molecule has 0 aliphatic carbocycles. The van der Waals surface area contributed by atoms with Crippen LogP contribution in [0.15, 0.2) is 30.6 Å². The second-order valence-electron chi connectivity index (χ2n) is 2.11. The molecule has 0 unspecified atom stereocenters. The van der Waals surface area contributed by atoms with Gasteiger partial charge in [-0.15, -0.1) is 0 Å². The van der Waals surface area contributed by atoms with Gasteiger partial charge in [0.15, 0.2) is 12.4 Å². The fourth-order valence-corrected chi connectivity index (χ4v) is 0.842. The van der Waals surface area contributed by atoms with E-state index in [4.69, 9.17) is 0 Å². The first-order valence-corrected chi connectivity index (χ1v) is 3.37. The maximum Gasteiger partial charge on any atom is 0.168 e. The monoisotopic (exact) mass is 157 g/mol. The smallest absolute Gasteiger partial charge is 0.168 e. The first kappa shape index (κ1) is 9.44. The predicted octanol–water partition coefficient (Wildman–Crippen LogP) is -1.61. The molecule has 1 heterocycles. The largest absolute Gasteiger partial charge is 1.00 e. The molecule has 0 aliphatic rings. The summed E-state index contributed by atoms with van der Waals surface area (Å²) < 4.78 is 2.18. The number of rotatable bonds is 2. The molecule has 0 saturated heterocycles. The third-order valence-electron chi connectivity index (χ3n) is 1.26. The summed E-state index contributed by atoms with van der Waals surface area (Å²) in [6.07, 6.45) is 5.38. The summed E-state index contributed by atoms with van der Waals surface area (Å²) in [6.45, 7) is 3.31. The number of aryl methyl sites for hydroxylation is 1. The molecule has 0 aromatic carbocycles. The van der Waals surface area contributed by atoms with Crippen LogP contribution >= 0.6 is 0 Å². The van der Waals surface area contributed by atoms with Crippen LogP contribution in [0.3, 0.4) is 0 Å². The van der Waals surface area contributed by atoms with Gasteiger partial charge < -0.3 is 12.4 Å². The topological polar surface area (TPSA) is 3.88 Å². The molecular weight excluding hydrogens is 146 g/mol. The lowest BCUT2D eigenvalue weighted by molar-refractivity contribution is -0.697. The lowest BCUT2D eigenvalue weighted by Gasteiger charge is -1.88. The van der Waals surface area contributed by atoms with Crippen molar-refractivity contribution in [3.05, 3.63) is 30.6 Å². The van der Waals surface area contributed by atoms with Gasteiger partial charge in [0.05, 0.1) is 0 Å². The second kappa shape index (κ2) is 5.24. The van der Waals surface area contributed by atoms with E-state index in [1.54, 1.807) is 0 Å². The van der Waals surface area contributed by atoms with Gasteiger partial charge >= 0.3 is 0 Å². The van der Waals surface area contributed by atoms with Gasteiger partial charge in [0.25, 0.3) is 0 Å². The van der Waals surface area contributed by atoms with E-state index in [0.717, 1.165) is 6.54 Å². The molecule has 10 heavy (non-hydrogen) atoms. The van der Waals surface area contributed by atoms with Gasteiger partial charge in [-0.05, 0) is 0 Å². The highest BCUT2D eigenvalue weighted by Crippen LogP contribution is 1.78. The first-order valence-electron chi connectivity index (χ1n) is 3.37. The van der Waals surface area contributed by atoms with Gasteiger partial charge in [-0.25, -0.2) is 4.57 Å². The number of pyridine rings is 1. The molecule has 0 bridgehead atoms. The van der Waals surface area contributed by atoms with Gasteiger partial charge in [-0.1, -0.05) is 13.0 Å². The van der Waals surface area contributed by atoms with E-state index in [0.29, 0.717) is 0 Å². The molecule has 1 aromatic heterocycles. The SMILES string of the molecule is CCC[n+]1ccccc1.[Cl-]. The fourth-order valence-electron chi connectivity index (χ4n) is 0.842. The van der Waals surface area contributed by atoms with Crippen molar-refractivity contribution in [3.63, 3.8) is 0 Å². The maximum atomic E-state index is 2.18. The van der Waals surface area contributed by atoms with Crippen LogP contribution in [-0.4, -0.2) is 0 Å². The standard InChI is InChI=1S/C8H12N.ClH/c1-2-6-9-7-4-3-5-8-9;/h3-5,7-8H,2,6H2,1H3;1H/q+1;/p-1. The van der Waals surface area contributed by atoms with Crippen molar-refractivity contribution in [1.82, 2.24) is 0 Å². The molecule has 0 N–H and O–H groups in total. The van der Waals surface area contributed by atoms with Crippen LogP contribution in [0.5, 0.6) is 0 Å². The summed E-state index contributed by atoms with van der Waals surface area (Å²) in [7, 11) is 0. The Morgan fingerprint density at radius 1 is 1.10 bits per heavy atom. The Hall–Kier alpha value is -0.560. The lowest BCUT2D eigenvalue weighted by atomic mass is 10.4. The number of hydrogen-bond acceptors (Lipinski definition) is 0. The zero-order valence-corrected chi connectivity index (χ0v) is 6.88. The van der Waals surface area contributed by atoms with Gasteiger partial charge in [-0.3, -0.25) is 0 Å². The van der Waals surface area contributed by atoms with Crippen molar-refractivity contribution in [1.29, 1.82) is 0 Å². The van der Waals surface area contributed by atoms with Gasteiger partial charge in [-0.2, -0.15) is 0 Å². The van der Waals surface area contributed by atoms with Crippen molar-refractivity contribution >= 4 is 0 Å². The molecule has 2 heteroatoms. The average molecular weight is 158 g/mol. The quantitative estimate of drug-likeness (QED) is 0.455. The van der Waals surface area contributed by atoms with E-state index in [1.807, 2.05) is 6.07 Å². The summed E-state index contributed by atoms with van der Waals surface area (Å²) in [5.41, 5.74) is 0. The minimum absolute atomic E-state index is 0. The van der Waals surface area contributed by atoms with Crippen molar-refractivity contribution in [2.45, 2.75) is 19.9 Å². The maximum absolute atomic E-state index is 2.18. The Labute approximate surface area is 68.1 Å². The van der Waals surface area contributed by atoms with Crippen LogP contribution in [0.1, 0.15) is 13.3 Å². The number of aromatic nitrogens is 1. The molecule has 0 amide bonds. The Bertz CT molecular complexity index is 162. The zero-order chi connectivity index (χ0) is 6.53. The molecule has 0 spiro atoms. The van der Waals surface area contributed by atoms with Crippen molar-refractivity contribution in [2.75, 3.05) is 0 Å². The Morgan fingerprint density at radius 2 is 1.70 bits per heavy atom. The van der Waals surface area contributed by atoms with E-state index < -0.39 is 0 Å². The molecule has 1 nitrogen and oxygen atoms in total. The summed E-state index contributed by atoms with van der Waals surface area (Å²) in [5.74, 6) is 0. The highest BCUT2D eigenvalue weighted by atomic mass is 35.5. The van der Waals surface area contributed by atoms with Crippen LogP contribution in [-0.2, 0) is 6.54 Å². The molecule has 0 saturated carbocycles. The van der Waals surface area contributed by atoms with Crippen molar-refractivity contribution in [2.24, 2.45) is 0 Å². The number of hydrogen-bond donors (Lipinski definition) is 0. The van der Waals surface area contributed by atoms with Gasteiger partial charge in [0.2, 0.25) is 0 Å². The predicted molar refractivity (Wildman–Crippen MR) is 36.9 cm³/mol. The van der Waals surface area contributed by atoms with E-state index in [-0.39, 0.29) is 12.4 Å². The Morgan fingerprint density at radius 3 is 2.20 bits per heavy atom. The summed E-state index contributed by atoms with van der Waals surface area (Å²) in [6, 6.07) is 6.14. The van der Waals surface area contributed by atoms with Crippen LogP contribution in [0.25, 0.3) is 0 Å². The minimum atomic E-state index is 0. The van der Waals surface area contributed by atoms with E-state index >= 15 is 0 Å². The van der Waals surface area contributed by atoms with Gasteiger partial charge in [0, 0.05) is 18.6 Å². The summed E-state index contributed by atoms with van der Waals surface area (Å²) in [5, 5.41) is 0. The first-order chi connectivity index (χ1) is 4.43. The van der Waals surface area contributed by atoms with Crippen LogP contribution in [0.4, 0.5) is 0 Å². The lowest BCUT2D eigenvalue weighted by Crippen LogP contribution is -3.00. The van der Waals surface area contributed by atoms with Gasteiger partial charge in [0.1, 0.15) is 6.54 Å². The Kier molecular flexibility index (Phi) is 4.95.